The highest BCUT2D eigenvalue weighted by Gasteiger charge is 2.37. The SMILES string of the molecule is COCCOC(=O)C1=C(C)N(Cc2ccccc2)C(=O)NC1c1ccccc1Br. The maximum Gasteiger partial charge on any atom is 0.338 e. The number of allylic oxidation sites excluding steroid dienone is 1. The van der Waals surface area contributed by atoms with Crippen molar-refractivity contribution in [2.75, 3.05) is 20.3 Å². The number of amides is 2. The van der Waals surface area contributed by atoms with Gasteiger partial charge in [-0.3, -0.25) is 4.90 Å². The molecule has 1 aliphatic heterocycles. The van der Waals surface area contributed by atoms with Gasteiger partial charge in [0.2, 0.25) is 0 Å². The molecule has 0 saturated heterocycles. The third-order valence-electron chi connectivity index (χ3n) is 4.74. The van der Waals surface area contributed by atoms with E-state index in [-0.39, 0.29) is 12.6 Å². The van der Waals surface area contributed by atoms with E-state index in [0.29, 0.717) is 24.4 Å². The van der Waals surface area contributed by atoms with Crippen molar-refractivity contribution in [3.8, 4) is 0 Å². The van der Waals surface area contributed by atoms with Crippen LogP contribution in [0.2, 0.25) is 0 Å². The van der Waals surface area contributed by atoms with Crippen molar-refractivity contribution < 1.29 is 19.1 Å². The molecule has 1 N–H and O–H groups in total. The molecule has 0 bridgehead atoms. The predicted octanol–water partition coefficient (Wildman–Crippen LogP) is 4.18. The summed E-state index contributed by atoms with van der Waals surface area (Å²) in [6.45, 7) is 2.58. The molecule has 29 heavy (non-hydrogen) atoms. The molecule has 3 rings (SSSR count). The standard InChI is InChI=1S/C22H23BrN2O4/c1-15-19(21(26)29-13-12-28-2)20(17-10-6-7-11-18(17)23)24-22(27)25(15)14-16-8-4-3-5-9-16/h3-11,20H,12-14H2,1-2H3,(H,24,27). The molecule has 2 aromatic rings. The summed E-state index contributed by atoms with van der Waals surface area (Å²) in [4.78, 5) is 27.4. The molecule has 0 spiro atoms. The third kappa shape index (κ3) is 4.86. The first-order valence-corrected chi connectivity index (χ1v) is 10.1. The summed E-state index contributed by atoms with van der Waals surface area (Å²) in [6, 6.07) is 16.3. The lowest BCUT2D eigenvalue weighted by Crippen LogP contribution is -2.47. The van der Waals surface area contributed by atoms with E-state index in [2.05, 4.69) is 21.2 Å². The lowest BCUT2D eigenvalue weighted by Gasteiger charge is -2.35. The molecule has 0 fully saturated rings. The van der Waals surface area contributed by atoms with Crippen LogP contribution in [0.4, 0.5) is 4.79 Å². The van der Waals surface area contributed by atoms with E-state index in [1.165, 1.54) is 0 Å². The summed E-state index contributed by atoms with van der Waals surface area (Å²) in [7, 11) is 1.55. The number of nitrogens with one attached hydrogen (secondary N) is 1. The molecule has 0 saturated carbocycles. The Labute approximate surface area is 178 Å². The first kappa shape index (κ1) is 21.1. The Morgan fingerprint density at radius 1 is 1.10 bits per heavy atom. The fourth-order valence-corrected chi connectivity index (χ4v) is 3.75. The number of methoxy groups -OCH3 is 1. The van der Waals surface area contributed by atoms with Crippen LogP contribution in [0.1, 0.15) is 24.1 Å². The van der Waals surface area contributed by atoms with Crippen LogP contribution in [-0.4, -0.2) is 37.2 Å². The number of carbonyl (C=O) groups is 2. The van der Waals surface area contributed by atoms with Crippen LogP contribution in [0.15, 0.2) is 70.3 Å². The molecule has 0 aliphatic carbocycles. The van der Waals surface area contributed by atoms with Crippen molar-refractivity contribution in [2.24, 2.45) is 0 Å². The number of esters is 1. The van der Waals surface area contributed by atoms with Gasteiger partial charge in [0.1, 0.15) is 6.61 Å². The number of rotatable bonds is 7. The molecule has 0 aromatic heterocycles. The largest absolute Gasteiger partial charge is 0.460 e. The average Bonchev–Trinajstić information content (AvgIpc) is 2.72. The fourth-order valence-electron chi connectivity index (χ4n) is 3.24. The zero-order chi connectivity index (χ0) is 20.8. The van der Waals surface area contributed by atoms with Gasteiger partial charge in [-0.2, -0.15) is 0 Å². The van der Waals surface area contributed by atoms with Gasteiger partial charge in [-0.05, 0) is 24.1 Å². The van der Waals surface area contributed by atoms with Gasteiger partial charge in [0.05, 0.1) is 24.8 Å². The Bertz CT molecular complexity index is 914. The lowest BCUT2D eigenvalue weighted by atomic mass is 9.94. The Kier molecular flexibility index (Phi) is 7.06. The number of hydrogen-bond acceptors (Lipinski definition) is 4. The minimum Gasteiger partial charge on any atom is -0.460 e. The van der Waals surface area contributed by atoms with E-state index in [1.807, 2.05) is 54.6 Å². The number of urea groups is 1. The first-order chi connectivity index (χ1) is 14.0. The second-order valence-corrected chi connectivity index (χ2v) is 7.46. The van der Waals surface area contributed by atoms with E-state index in [1.54, 1.807) is 18.9 Å². The van der Waals surface area contributed by atoms with Crippen LogP contribution in [0.5, 0.6) is 0 Å². The molecule has 2 amide bonds. The van der Waals surface area contributed by atoms with Crippen LogP contribution in [0.25, 0.3) is 0 Å². The number of hydrogen-bond donors (Lipinski definition) is 1. The van der Waals surface area contributed by atoms with Crippen LogP contribution in [0, 0.1) is 0 Å². The number of halogens is 1. The molecule has 0 radical (unpaired) electrons. The summed E-state index contributed by atoms with van der Waals surface area (Å²) in [5, 5.41) is 2.96. The molecule has 2 aromatic carbocycles. The minimum absolute atomic E-state index is 0.140. The highest BCUT2D eigenvalue weighted by Crippen LogP contribution is 2.35. The van der Waals surface area contributed by atoms with E-state index < -0.39 is 12.0 Å². The van der Waals surface area contributed by atoms with Crippen molar-refractivity contribution in [1.29, 1.82) is 0 Å². The molecule has 6 nitrogen and oxygen atoms in total. The van der Waals surface area contributed by atoms with Gasteiger partial charge in [0.25, 0.3) is 0 Å². The summed E-state index contributed by atoms with van der Waals surface area (Å²) in [5.74, 6) is -0.474. The molecule has 152 valence electrons. The predicted molar refractivity (Wildman–Crippen MR) is 113 cm³/mol. The molecule has 1 heterocycles. The van der Waals surface area contributed by atoms with Gasteiger partial charge >= 0.3 is 12.0 Å². The Hall–Kier alpha value is -2.64. The molecule has 1 atom stereocenters. The number of benzene rings is 2. The molecule has 7 heteroatoms. The highest BCUT2D eigenvalue weighted by molar-refractivity contribution is 9.10. The van der Waals surface area contributed by atoms with Crippen LogP contribution in [-0.2, 0) is 20.8 Å². The van der Waals surface area contributed by atoms with E-state index >= 15 is 0 Å². The van der Waals surface area contributed by atoms with E-state index in [0.717, 1.165) is 15.6 Å². The average molecular weight is 459 g/mol. The summed E-state index contributed by atoms with van der Waals surface area (Å²) in [5.41, 5.74) is 2.73. The summed E-state index contributed by atoms with van der Waals surface area (Å²) >= 11 is 3.52. The Morgan fingerprint density at radius 3 is 2.48 bits per heavy atom. The van der Waals surface area contributed by atoms with Gasteiger partial charge in [-0.1, -0.05) is 64.5 Å². The Balaban J connectivity index is 2.00. The molecule has 1 aliphatic rings. The Morgan fingerprint density at radius 2 is 1.79 bits per heavy atom. The van der Waals surface area contributed by atoms with E-state index in [9.17, 15) is 9.59 Å². The third-order valence-corrected chi connectivity index (χ3v) is 5.46. The van der Waals surface area contributed by atoms with Crippen molar-refractivity contribution in [2.45, 2.75) is 19.5 Å². The quantitative estimate of drug-likeness (QED) is 0.499. The van der Waals surface area contributed by atoms with Crippen molar-refractivity contribution in [3.05, 3.63) is 81.5 Å². The van der Waals surface area contributed by atoms with Crippen molar-refractivity contribution in [1.82, 2.24) is 10.2 Å². The lowest BCUT2D eigenvalue weighted by molar-refractivity contribution is -0.140. The van der Waals surface area contributed by atoms with Crippen LogP contribution < -0.4 is 5.32 Å². The summed E-state index contributed by atoms with van der Waals surface area (Å²) in [6.07, 6.45) is 0. The van der Waals surface area contributed by atoms with Gasteiger partial charge in [-0.15, -0.1) is 0 Å². The van der Waals surface area contributed by atoms with Crippen molar-refractivity contribution in [3.63, 3.8) is 0 Å². The topological polar surface area (TPSA) is 67.9 Å². The monoisotopic (exact) mass is 458 g/mol. The second-order valence-electron chi connectivity index (χ2n) is 6.60. The minimum atomic E-state index is -0.611. The highest BCUT2D eigenvalue weighted by atomic mass is 79.9. The number of carbonyl (C=O) groups excluding carboxylic acids is 2. The molecular formula is C22H23BrN2O4. The smallest absolute Gasteiger partial charge is 0.338 e. The van der Waals surface area contributed by atoms with Gasteiger partial charge < -0.3 is 14.8 Å². The number of ether oxygens (including phenoxy) is 2. The first-order valence-electron chi connectivity index (χ1n) is 9.26. The van der Waals surface area contributed by atoms with Crippen molar-refractivity contribution >= 4 is 27.9 Å². The number of nitrogens with zero attached hydrogens (tertiary/aromatic N) is 1. The maximum atomic E-state index is 13.0. The molecule has 1 unspecified atom stereocenters. The van der Waals surface area contributed by atoms with Crippen LogP contribution >= 0.6 is 15.9 Å². The summed E-state index contributed by atoms with van der Waals surface area (Å²) < 4.78 is 11.2. The van der Waals surface area contributed by atoms with E-state index in [4.69, 9.17) is 9.47 Å². The van der Waals surface area contributed by atoms with Gasteiger partial charge in [0, 0.05) is 17.3 Å². The van der Waals surface area contributed by atoms with Crippen LogP contribution in [0.3, 0.4) is 0 Å². The fraction of sp³-hybridized carbons (Fsp3) is 0.273. The maximum absolute atomic E-state index is 13.0. The van der Waals surface area contributed by atoms with Gasteiger partial charge in [0.15, 0.2) is 0 Å². The normalized spacial score (nSPS) is 16.6. The molecular weight excluding hydrogens is 436 g/mol. The zero-order valence-corrected chi connectivity index (χ0v) is 17.9. The van der Waals surface area contributed by atoms with Gasteiger partial charge in [-0.25, -0.2) is 9.59 Å². The zero-order valence-electron chi connectivity index (χ0n) is 16.4. The second kappa shape index (κ2) is 9.71.